The van der Waals surface area contributed by atoms with Crippen molar-refractivity contribution in [1.82, 2.24) is 20.2 Å². The fourth-order valence-electron chi connectivity index (χ4n) is 3.01. The van der Waals surface area contributed by atoms with Crippen molar-refractivity contribution in [1.29, 1.82) is 0 Å². The Morgan fingerprint density at radius 3 is 2.86 bits per heavy atom. The zero-order valence-electron chi connectivity index (χ0n) is 12.4. The molecule has 0 N–H and O–H groups in total. The fourth-order valence-corrected chi connectivity index (χ4v) is 3.01. The van der Waals surface area contributed by atoms with Gasteiger partial charge in [0.1, 0.15) is 11.5 Å². The van der Waals surface area contributed by atoms with Crippen LogP contribution in [-0.4, -0.2) is 20.2 Å². The van der Waals surface area contributed by atoms with Crippen molar-refractivity contribution in [3.8, 4) is 0 Å². The monoisotopic (exact) mass is 294 g/mol. The number of fused-ring (bicyclic) bond motifs is 1. The number of rotatable bonds is 4. The van der Waals surface area contributed by atoms with Crippen LogP contribution in [-0.2, 0) is 25.8 Å². The third kappa shape index (κ3) is 2.66. The molecule has 0 bridgehead atoms. The third-order valence-corrected chi connectivity index (χ3v) is 4.14. The smallest absolute Gasteiger partial charge is 0.141 e. The molecule has 1 aromatic carbocycles. The van der Waals surface area contributed by atoms with Crippen LogP contribution in [0, 0.1) is 0 Å². The average molecular weight is 294 g/mol. The van der Waals surface area contributed by atoms with Crippen LogP contribution in [0.3, 0.4) is 0 Å². The summed E-state index contributed by atoms with van der Waals surface area (Å²) in [7, 11) is 0. The molecule has 3 aromatic rings. The molecule has 0 spiro atoms. The van der Waals surface area contributed by atoms with E-state index in [1.807, 2.05) is 28.9 Å². The highest BCUT2D eigenvalue weighted by molar-refractivity contribution is 5.21. The van der Waals surface area contributed by atoms with Crippen molar-refractivity contribution in [3.63, 3.8) is 0 Å². The normalized spacial score (nSPS) is 14.0. The van der Waals surface area contributed by atoms with E-state index in [1.54, 1.807) is 0 Å². The first-order chi connectivity index (χ1) is 10.9. The van der Waals surface area contributed by atoms with Gasteiger partial charge >= 0.3 is 0 Å². The van der Waals surface area contributed by atoms with Crippen molar-refractivity contribution in [2.45, 2.75) is 38.6 Å². The van der Waals surface area contributed by atoms with E-state index in [1.165, 1.54) is 24.1 Å². The van der Waals surface area contributed by atoms with Crippen molar-refractivity contribution in [3.05, 3.63) is 64.8 Å². The van der Waals surface area contributed by atoms with Crippen molar-refractivity contribution in [2.75, 3.05) is 0 Å². The van der Waals surface area contributed by atoms with E-state index in [2.05, 4.69) is 27.6 Å². The molecule has 0 atom stereocenters. The van der Waals surface area contributed by atoms with Gasteiger partial charge in [-0.1, -0.05) is 40.7 Å². The predicted octanol–water partition coefficient (Wildman–Crippen LogP) is 2.78. The van der Waals surface area contributed by atoms with Crippen LogP contribution in [0.5, 0.6) is 0 Å². The fraction of sp³-hybridized carbons (Fsp3) is 0.353. The lowest BCUT2D eigenvalue weighted by Crippen LogP contribution is -2.10. The van der Waals surface area contributed by atoms with Crippen molar-refractivity contribution < 1.29 is 4.52 Å². The van der Waals surface area contributed by atoms with E-state index >= 15 is 0 Å². The molecule has 0 radical (unpaired) electrons. The molecule has 0 amide bonds. The minimum atomic E-state index is 0.640. The summed E-state index contributed by atoms with van der Waals surface area (Å²) in [5.74, 6) is 0.884. The number of aryl methyl sites for hydroxylation is 1. The molecule has 5 heteroatoms. The van der Waals surface area contributed by atoms with Crippen molar-refractivity contribution in [2.24, 2.45) is 0 Å². The Balaban J connectivity index is 1.49. The van der Waals surface area contributed by atoms with Gasteiger partial charge in [-0.25, -0.2) is 4.68 Å². The summed E-state index contributed by atoms with van der Waals surface area (Å²) in [6.07, 6.45) is 5.32. The van der Waals surface area contributed by atoms with Gasteiger partial charge in [0.05, 0.1) is 17.9 Å². The summed E-state index contributed by atoms with van der Waals surface area (Å²) in [5.41, 5.74) is 4.55. The number of nitrogens with zero attached hydrogens (tertiary/aromatic N) is 4. The first kappa shape index (κ1) is 13.2. The van der Waals surface area contributed by atoms with E-state index in [4.69, 9.17) is 4.52 Å². The van der Waals surface area contributed by atoms with Crippen LogP contribution in [0.4, 0.5) is 0 Å². The maximum atomic E-state index is 5.45. The molecule has 22 heavy (non-hydrogen) atoms. The summed E-state index contributed by atoms with van der Waals surface area (Å²) >= 11 is 0. The van der Waals surface area contributed by atoms with E-state index in [-0.39, 0.29) is 0 Å². The molecule has 5 nitrogen and oxygen atoms in total. The Kier molecular flexibility index (Phi) is 3.46. The Morgan fingerprint density at radius 2 is 1.95 bits per heavy atom. The van der Waals surface area contributed by atoms with Crippen LogP contribution < -0.4 is 0 Å². The lowest BCUT2D eigenvalue weighted by atomic mass is 10.0. The molecule has 0 saturated carbocycles. The van der Waals surface area contributed by atoms with E-state index in [9.17, 15) is 0 Å². The molecule has 0 aliphatic heterocycles. The summed E-state index contributed by atoms with van der Waals surface area (Å²) in [6, 6.07) is 12.3. The molecular weight excluding hydrogens is 276 g/mol. The largest absolute Gasteiger partial charge is 0.361 e. The highest BCUT2D eigenvalue weighted by Gasteiger charge is 2.17. The second-order valence-corrected chi connectivity index (χ2v) is 5.79. The maximum Gasteiger partial charge on any atom is 0.141 e. The molecule has 1 aliphatic rings. The molecule has 4 rings (SSSR count). The van der Waals surface area contributed by atoms with Crippen LogP contribution in [0.2, 0.25) is 0 Å². The lowest BCUT2D eigenvalue weighted by Gasteiger charge is -2.10. The van der Waals surface area contributed by atoms with Gasteiger partial charge in [0.15, 0.2) is 0 Å². The molecule has 0 fully saturated rings. The van der Waals surface area contributed by atoms with E-state index < -0.39 is 0 Å². The van der Waals surface area contributed by atoms with E-state index in [0.29, 0.717) is 6.54 Å². The Hall–Kier alpha value is -2.43. The van der Waals surface area contributed by atoms with Crippen LogP contribution in [0.25, 0.3) is 0 Å². The minimum Gasteiger partial charge on any atom is -0.361 e. The Labute approximate surface area is 128 Å². The molecule has 0 unspecified atom stereocenters. The molecule has 2 heterocycles. The van der Waals surface area contributed by atoms with Gasteiger partial charge in [-0.3, -0.25) is 0 Å². The van der Waals surface area contributed by atoms with Crippen LogP contribution >= 0.6 is 0 Å². The third-order valence-electron chi connectivity index (χ3n) is 4.14. The number of hydrogen-bond acceptors (Lipinski definition) is 4. The molecule has 1 aliphatic carbocycles. The zero-order valence-corrected chi connectivity index (χ0v) is 12.4. The Bertz CT molecular complexity index is 760. The standard InChI is InChI=1S/C17H18N4O/c1-2-6-13(7-3-1)10-15-11-14(19-22-15)12-21-17-9-5-4-8-16(17)18-20-21/h1-3,6-7,11H,4-5,8-10,12H2. The molecular formula is C17H18N4O. The molecule has 0 saturated heterocycles. The van der Waals surface area contributed by atoms with Gasteiger partial charge in [-0.05, 0) is 31.2 Å². The molecule has 2 aromatic heterocycles. The summed E-state index contributed by atoms with van der Waals surface area (Å²) < 4.78 is 7.42. The summed E-state index contributed by atoms with van der Waals surface area (Å²) in [5, 5.41) is 12.7. The van der Waals surface area contributed by atoms with Gasteiger partial charge in [0.25, 0.3) is 0 Å². The van der Waals surface area contributed by atoms with Crippen molar-refractivity contribution >= 4 is 0 Å². The SMILES string of the molecule is c1ccc(Cc2cc(Cn3nnc4c3CCCC4)no2)cc1. The number of aromatic nitrogens is 4. The van der Waals surface area contributed by atoms with Crippen LogP contribution in [0.15, 0.2) is 40.9 Å². The second-order valence-electron chi connectivity index (χ2n) is 5.79. The summed E-state index contributed by atoms with van der Waals surface area (Å²) in [6.45, 7) is 0.640. The minimum absolute atomic E-state index is 0.640. The predicted molar refractivity (Wildman–Crippen MR) is 81.5 cm³/mol. The Morgan fingerprint density at radius 1 is 1.09 bits per heavy atom. The van der Waals surface area contributed by atoms with Gasteiger partial charge in [-0.15, -0.1) is 5.10 Å². The quantitative estimate of drug-likeness (QED) is 0.742. The topological polar surface area (TPSA) is 56.7 Å². The first-order valence-corrected chi connectivity index (χ1v) is 7.78. The second kappa shape index (κ2) is 5.75. The summed E-state index contributed by atoms with van der Waals surface area (Å²) in [4.78, 5) is 0. The maximum absolute atomic E-state index is 5.45. The highest BCUT2D eigenvalue weighted by atomic mass is 16.5. The first-order valence-electron chi connectivity index (χ1n) is 7.78. The van der Waals surface area contributed by atoms with Gasteiger partial charge in [-0.2, -0.15) is 0 Å². The average Bonchev–Trinajstić information content (AvgIpc) is 3.17. The highest BCUT2D eigenvalue weighted by Crippen LogP contribution is 2.19. The van der Waals surface area contributed by atoms with Crippen LogP contribution in [0.1, 0.15) is 41.2 Å². The lowest BCUT2D eigenvalue weighted by molar-refractivity contribution is 0.379. The molecule has 112 valence electrons. The van der Waals surface area contributed by atoms with Gasteiger partial charge < -0.3 is 4.52 Å². The van der Waals surface area contributed by atoms with Gasteiger partial charge in [0, 0.05) is 12.5 Å². The van der Waals surface area contributed by atoms with Gasteiger partial charge in [0.2, 0.25) is 0 Å². The number of benzene rings is 1. The van der Waals surface area contributed by atoms with E-state index in [0.717, 1.165) is 36.4 Å². The zero-order chi connectivity index (χ0) is 14.8. The number of hydrogen-bond donors (Lipinski definition) is 0.